The van der Waals surface area contributed by atoms with E-state index >= 15 is 0 Å². The number of methoxy groups -OCH3 is 1. The molecule has 17 heavy (non-hydrogen) atoms. The minimum absolute atomic E-state index is 0.176. The zero-order valence-corrected chi connectivity index (χ0v) is 10.9. The van der Waals surface area contributed by atoms with Crippen LogP contribution in [0.5, 0.6) is 5.75 Å². The van der Waals surface area contributed by atoms with Crippen molar-refractivity contribution in [2.75, 3.05) is 7.11 Å². The maximum absolute atomic E-state index is 6.23. The van der Waals surface area contributed by atoms with E-state index in [2.05, 4.69) is 16.5 Å². The third kappa shape index (κ3) is 2.50. The van der Waals surface area contributed by atoms with E-state index in [-0.39, 0.29) is 6.04 Å². The van der Waals surface area contributed by atoms with Crippen LogP contribution in [0.25, 0.3) is 0 Å². The molecule has 2 aromatic heterocycles. The lowest BCUT2D eigenvalue weighted by Crippen LogP contribution is -2.16. The van der Waals surface area contributed by atoms with Crippen molar-refractivity contribution in [3.63, 3.8) is 0 Å². The van der Waals surface area contributed by atoms with Gasteiger partial charge in [0, 0.05) is 29.2 Å². The van der Waals surface area contributed by atoms with Gasteiger partial charge >= 0.3 is 0 Å². The summed E-state index contributed by atoms with van der Waals surface area (Å²) in [4.78, 5) is 5.42. The predicted molar refractivity (Wildman–Crippen MR) is 69.4 cm³/mol. The number of imidazole rings is 1. The molecule has 4 nitrogen and oxygen atoms in total. The Balaban J connectivity index is 2.23. The van der Waals surface area contributed by atoms with Gasteiger partial charge in [0.25, 0.3) is 0 Å². The summed E-state index contributed by atoms with van der Waals surface area (Å²) in [6, 6.07) is 1.80. The lowest BCUT2D eigenvalue weighted by molar-refractivity contribution is 0.416. The van der Waals surface area contributed by atoms with Crippen molar-refractivity contribution in [1.29, 1.82) is 0 Å². The van der Waals surface area contributed by atoms with Crippen LogP contribution in [-0.2, 0) is 6.54 Å². The minimum Gasteiger partial charge on any atom is -0.496 e. The molecular formula is C12H17N3OS. The summed E-state index contributed by atoms with van der Waals surface area (Å²) in [6.07, 6.45) is 4.85. The van der Waals surface area contributed by atoms with Crippen molar-refractivity contribution in [2.24, 2.45) is 5.73 Å². The Morgan fingerprint density at radius 1 is 1.59 bits per heavy atom. The van der Waals surface area contributed by atoms with Crippen LogP contribution < -0.4 is 10.5 Å². The highest BCUT2D eigenvalue weighted by molar-refractivity contribution is 7.10. The van der Waals surface area contributed by atoms with E-state index in [0.717, 1.165) is 29.4 Å². The number of nitrogens with two attached hydrogens (primary N) is 1. The van der Waals surface area contributed by atoms with E-state index in [1.165, 1.54) is 0 Å². The Kier molecular flexibility index (Phi) is 3.81. The third-order valence-corrected chi connectivity index (χ3v) is 3.62. The molecule has 0 saturated carbocycles. The number of hydrogen-bond donors (Lipinski definition) is 1. The van der Waals surface area contributed by atoms with Crippen molar-refractivity contribution in [2.45, 2.75) is 25.9 Å². The van der Waals surface area contributed by atoms with Gasteiger partial charge in [0.15, 0.2) is 0 Å². The minimum atomic E-state index is -0.176. The van der Waals surface area contributed by atoms with Crippen molar-refractivity contribution >= 4 is 11.3 Å². The molecule has 1 unspecified atom stereocenters. The van der Waals surface area contributed by atoms with Gasteiger partial charge in [-0.3, -0.25) is 0 Å². The van der Waals surface area contributed by atoms with Gasteiger partial charge in [-0.25, -0.2) is 4.98 Å². The van der Waals surface area contributed by atoms with Crippen LogP contribution in [0.2, 0.25) is 0 Å². The fourth-order valence-corrected chi connectivity index (χ4v) is 2.61. The first-order chi connectivity index (χ1) is 8.26. The topological polar surface area (TPSA) is 53.1 Å². The van der Waals surface area contributed by atoms with Crippen molar-refractivity contribution in [1.82, 2.24) is 9.55 Å². The van der Waals surface area contributed by atoms with Gasteiger partial charge in [-0.05, 0) is 12.5 Å². The van der Waals surface area contributed by atoms with E-state index in [1.807, 2.05) is 17.6 Å². The highest BCUT2D eigenvalue weighted by atomic mass is 32.1. The maximum Gasteiger partial charge on any atom is 0.131 e. The Labute approximate surface area is 105 Å². The second-order valence-corrected chi connectivity index (χ2v) is 4.79. The average Bonchev–Trinajstić information content (AvgIpc) is 2.97. The van der Waals surface area contributed by atoms with Gasteiger partial charge in [-0.2, -0.15) is 0 Å². The Hall–Kier alpha value is -1.33. The number of rotatable bonds is 5. The molecule has 0 aliphatic heterocycles. The van der Waals surface area contributed by atoms with Crippen LogP contribution in [0.4, 0.5) is 0 Å². The molecule has 0 radical (unpaired) electrons. The van der Waals surface area contributed by atoms with Crippen LogP contribution >= 0.6 is 11.3 Å². The average molecular weight is 251 g/mol. The highest BCUT2D eigenvalue weighted by Gasteiger charge is 2.16. The van der Waals surface area contributed by atoms with Crippen molar-refractivity contribution in [3.8, 4) is 5.75 Å². The molecule has 0 aliphatic rings. The first-order valence-corrected chi connectivity index (χ1v) is 6.53. The molecule has 2 aromatic rings. The van der Waals surface area contributed by atoms with Crippen LogP contribution in [0.3, 0.4) is 0 Å². The standard InChI is InChI=1S/C12H17N3OS/c1-3-5-15-6-4-14-12(15)11(13)10-7-9(16-2)8-17-10/h4,6-8,11H,3,5,13H2,1-2H3. The largest absolute Gasteiger partial charge is 0.496 e. The molecule has 2 N–H and O–H groups in total. The molecule has 0 aliphatic carbocycles. The summed E-state index contributed by atoms with van der Waals surface area (Å²) in [7, 11) is 1.66. The molecular weight excluding hydrogens is 234 g/mol. The number of ether oxygens (including phenoxy) is 1. The zero-order valence-electron chi connectivity index (χ0n) is 10.1. The Morgan fingerprint density at radius 3 is 3.06 bits per heavy atom. The van der Waals surface area contributed by atoms with Gasteiger partial charge < -0.3 is 15.0 Å². The van der Waals surface area contributed by atoms with Crippen molar-refractivity contribution in [3.05, 3.63) is 34.5 Å². The van der Waals surface area contributed by atoms with E-state index in [1.54, 1.807) is 24.6 Å². The number of aromatic nitrogens is 2. The lowest BCUT2D eigenvalue weighted by atomic mass is 10.2. The number of nitrogens with zero attached hydrogens (tertiary/aromatic N) is 2. The smallest absolute Gasteiger partial charge is 0.131 e. The number of thiophene rings is 1. The second-order valence-electron chi connectivity index (χ2n) is 3.85. The van der Waals surface area contributed by atoms with Gasteiger partial charge in [0.05, 0.1) is 13.2 Å². The second kappa shape index (κ2) is 5.33. The molecule has 0 amide bonds. The summed E-state index contributed by atoms with van der Waals surface area (Å²) >= 11 is 1.60. The fourth-order valence-electron chi connectivity index (χ4n) is 1.76. The first kappa shape index (κ1) is 12.1. The summed E-state index contributed by atoms with van der Waals surface area (Å²) in [6.45, 7) is 3.09. The molecule has 2 rings (SSSR count). The Morgan fingerprint density at radius 2 is 2.41 bits per heavy atom. The first-order valence-electron chi connectivity index (χ1n) is 5.65. The number of aryl methyl sites for hydroxylation is 1. The summed E-state index contributed by atoms with van der Waals surface area (Å²) < 4.78 is 7.28. The normalized spacial score (nSPS) is 12.6. The lowest BCUT2D eigenvalue weighted by Gasteiger charge is -2.11. The molecule has 0 fully saturated rings. The van der Waals surface area contributed by atoms with Gasteiger partial charge in [0.2, 0.25) is 0 Å². The third-order valence-electron chi connectivity index (χ3n) is 2.63. The molecule has 0 saturated heterocycles. The molecule has 1 atom stereocenters. The van der Waals surface area contributed by atoms with E-state index in [0.29, 0.717) is 0 Å². The summed E-state index contributed by atoms with van der Waals surface area (Å²) in [5.41, 5.74) is 6.23. The molecule has 92 valence electrons. The van der Waals surface area contributed by atoms with Crippen LogP contribution in [0.15, 0.2) is 23.8 Å². The van der Waals surface area contributed by atoms with Crippen LogP contribution in [0.1, 0.15) is 30.1 Å². The summed E-state index contributed by atoms with van der Waals surface area (Å²) in [5.74, 6) is 1.77. The van der Waals surface area contributed by atoms with E-state index in [4.69, 9.17) is 10.5 Å². The maximum atomic E-state index is 6.23. The van der Waals surface area contributed by atoms with Crippen molar-refractivity contribution < 1.29 is 4.74 Å². The van der Waals surface area contributed by atoms with E-state index < -0.39 is 0 Å². The van der Waals surface area contributed by atoms with Gasteiger partial charge in [0.1, 0.15) is 11.6 Å². The molecule has 0 bridgehead atoms. The fraction of sp³-hybridized carbons (Fsp3) is 0.417. The predicted octanol–water partition coefficient (Wildman–Crippen LogP) is 2.41. The molecule has 5 heteroatoms. The van der Waals surface area contributed by atoms with Crippen LogP contribution in [-0.4, -0.2) is 16.7 Å². The zero-order chi connectivity index (χ0) is 12.3. The summed E-state index contributed by atoms with van der Waals surface area (Å²) in [5, 5.41) is 1.96. The van der Waals surface area contributed by atoms with Gasteiger partial charge in [-0.1, -0.05) is 6.92 Å². The molecule has 2 heterocycles. The molecule has 0 aromatic carbocycles. The number of hydrogen-bond acceptors (Lipinski definition) is 4. The monoisotopic (exact) mass is 251 g/mol. The van der Waals surface area contributed by atoms with Gasteiger partial charge in [-0.15, -0.1) is 11.3 Å². The quantitative estimate of drug-likeness (QED) is 0.888. The highest BCUT2D eigenvalue weighted by Crippen LogP contribution is 2.28. The SMILES string of the molecule is CCCn1ccnc1C(N)c1cc(OC)cs1. The van der Waals surface area contributed by atoms with E-state index in [9.17, 15) is 0 Å². The molecule has 0 spiro atoms. The van der Waals surface area contributed by atoms with Crippen LogP contribution in [0, 0.1) is 0 Å². The Bertz CT molecular complexity index is 478.